The standard InChI is InChI=1S/C8H19N3O3/c9-8(11-13)2-1-3-10-4-6-14-7-5-12/h10,12-13H,1-7H2,(H2,9,11). The molecule has 0 heterocycles. The summed E-state index contributed by atoms with van der Waals surface area (Å²) >= 11 is 0. The van der Waals surface area contributed by atoms with Gasteiger partial charge in [0.25, 0.3) is 0 Å². The molecule has 0 saturated heterocycles. The Hall–Kier alpha value is -0.850. The summed E-state index contributed by atoms with van der Waals surface area (Å²) in [5.74, 6) is 0.253. The lowest BCUT2D eigenvalue weighted by molar-refractivity contribution is 0.0940. The van der Waals surface area contributed by atoms with Crippen LogP contribution < -0.4 is 11.1 Å². The van der Waals surface area contributed by atoms with Crippen LogP contribution in [0.1, 0.15) is 12.8 Å². The number of rotatable bonds is 9. The van der Waals surface area contributed by atoms with Crippen LogP contribution in [0.5, 0.6) is 0 Å². The number of ether oxygens (including phenoxy) is 1. The molecule has 14 heavy (non-hydrogen) atoms. The minimum atomic E-state index is 0.0590. The van der Waals surface area contributed by atoms with Gasteiger partial charge in [-0.05, 0) is 13.0 Å². The minimum Gasteiger partial charge on any atom is -0.409 e. The quantitative estimate of drug-likeness (QED) is 0.129. The molecule has 0 fully saturated rings. The normalized spacial score (nSPS) is 11.9. The van der Waals surface area contributed by atoms with Crippen molar-refractivity contribution in [3.63, 3.8) is 0 Å². The third kappa shape index (κ3) is 9.24. The lowest BCUT2D eigenvalue weighted by Gasteiger charge is -2.04. The summed E-state index contributed by atoms with van der Waals surface area (Å²) in [6.07, 6.45) is 1.41. The number of hydrogen-bond acceptors (Lipinski definition) is 5. The molecule has 0 radical (unpaired) electrons. The highest BCUT2D eigenvalue weighted by Crippen LogP contribution is 1.86. The second-order valence-corrected chi connectivity index (χ2v) is 2.78. The summed E-state index contributed by atoms with van der Waals surface area (Å²) in [5.41, 5.74) is 5.27. The van der Waals surface area contributed by atoms with Crippen molar-refractivity contribution in [2.75, 3.05) is 32.9 Å². The summed E-state index contributed by atoms with van der Waals surface area (Å²) in [7, 11) is 0. The molecular weight excluding hydrogens is 186 g/mol. The van der Waals surface area contributed by atoms with E-state index < -0.39 is 0 Å². The van der Waals surface area contributed by atoms with Gasteiger partial charge in [-0.3, -0.25) is 0 Å². The Kier molecular flexibility index (Phi) is 9.61. The van der Waals surface area contributed by atoms with E-state index in [0.29, 0.717) is 19.6 Å². The summed E-state index contributed by atoms with van der Waals surface area (Å²) in [4.78, 5) is 0. The number of aliphatic hydroxyl groups is 1. The second-order valence-electron chi connectivity index (χ2n) is 2.78. The Morgan fingerprint density at radius 1 is 1.36 bits per heavy atom. The van der Waals surface area contributed by atoms with Crippen molar-refractivity contribution >= 4 is 5.84 Å². The smallest absolute Gasteiger partial charge is 0.139 e. The van der Waals surface area contributed by atoms with Crippen LogP contribution in [-0.2, 0) is 4.74 Å². The van der Waals surface area contributed by atoms with Gasteiger partial charge in [-0.1, -0.05) is 5.16 Å². The molecule has 0 aliphatic carbocycles. The zero-order valence-electron chi connectivity index (χ0n) is 8.28. The molecule has 0 aromatic rings. The van der Waals surface area contributed by atoms with Crippen molar-refractivity contribution in [2.45, 2.75) is 12.8 Å². The molecule has 0 unspecified atom stereocenters. The SMILES string of the molecule is NC(CCCNCCOCCO)=NO. The molecule has 0 atom stereocenters. The van der Waals surface area contributed by atoms with E-state index in [2.05, 4.69) is 10.5 Å². The number of amidine groups is 1. The third-order valence-corrected chi connectivity index (χ3v) is 1.57. The lowest BCUT2D eigenvalue weighted by Crippen LogP contribution is -2.23. The fourth-order valence-electron chi connectivity index (χ4n) is 0.880. The van der Waals surface area contributed by atoms with Crippen molar-refractivity contribution < 1.29 is 15.1 Å². The van der Waals surface area contributed by atoms with Gasteiger partial charge < -0.3 is 26.1 Å². The van der Waals surface area contributed by atoms with Gasteiger partial charge in [0.05, 0.1) is 19.8 Å². The Labute approximate surface area is 83.7 Å². The van der Waals surface area contributed by atoms with Gasteiger partial charge in [-0.25, -0.2) is 0 Å². The maximum Gasteiger partial charge on any atom is 0.139 e. The van der Waals surface area contributed by atoms with Gasteiger partial charge in [-0.15, -0.1) is 0 Å². The van der Waals surface area contributed by atoms with Crippen molar-refractivity contribution in [1.29, 1.82) is 0 Å². The summed E-state index contributed by atoms with van der Waals surface area (Å²) in [5, 5.41) is 22.6. The van der Waals surface area contributed by atoms with Gasteiger partial charge in [0, 0.05) is 13.0 Å². The summed E-state index contributed by atoms with van der Waals surface area (Å²) in [6.45, 7) is 2.58. The molecule has 0 aromatic heterocycles. The lowest BCUT2D eigenvalue weighted by atomic mass is 10.3. The van der Waals surface area contributed by atoms with Crippen LogP contribution in [0.4, 0.5) is 0 Å². The van der Waals surface area contributed by atoms with Gasteiger partial charge in [0.1, 0.15) is 5.84 Å². The highest BCUT2D eigenvalue weighted by atomic mass is 16.5. The Balaban J connectivity index is 2.99. The zero-order chi connectivity index (χ0) is 10.6. The van der Waals surface area contributed by atoms with E-state index in [9.17, 15) is 0 Å². The van der Waals surface area contributed by atoms with Crippen molar-refractivity contribution in [2.24, 2.45) is 10.9 Å². The predicted octanol–water partition coefficient (Wildman–Crippen LogP) is -0.888. The van der Waals surface area contributed by atoms with Crippen LogP contribution in [0, 0.1) is 0 Å². The third-order valence-electron chi connectivity index (χ3n) is 1.57. The number of oxime groups is 1. The maximum absolute atomic E-state index is 8.40. The van der Waals surface area contributed by atoms with E-state index in [0.717, 1.165) is 19.5 Å². The van der Waals surface area contributed by atoms with Gasteiger partial charge >= 0.3 is 0 Å². The first-order valence-electron chi connectivity index (χ1n) is 4.67. The predicted molar refractivity (Wildman–Crippen MR) is 53.4 cm³/mol. The van der Waals surface area contributed by atoms with Crippen LogP contribution >= 0.6 is 0 Å². The molecule has 5 N–H and O–H groups in total. The van der Waals surface area contributed by atoms with Crippen molar-refractivity contribution in [3.05, 3.63) is 0 Å². The Morgan fingerprint density at radius 2 is 2.14 bits per heavy atom. The van der Waals surface area contributed by atoms with Crippen molar-refractivity contribution in [3.8, 4) is 0 Å². The molecule has 0 saturated carbocycles. The van der Waals surface area contributed by atoms with Crippen LogP contribution in [0.15, 0.2) is 5.16 Å². The molecule has 6 nitrogen and oxygen atoms in total. The highest BCUT2D eigenvalue weighted by molar-refractivity contribution is 5.79. The fourth-order valence-corrected chi connectivity index (χ4v) is 0.880. The number of hydrogen-bond donors (Lipinski definition) is 4. The molecule has 0 bridgehead atoms. The molecule has 0 aromatic carbocycles. The summed E-state index contributed by atoms with van der Waals surface area (Å²) in [6, 6.07) is 0. The first-order valence-corrected chi connectivity index (χ1v) is 4.67. The van der Waals surface area contributed by atoms with Gasteiger partial charge in [0.2, 0.25) is 0 Å². The Morgan fingerprint density at radius 3 is 2.79 bits per heavy atom. The molecular formula is C8H19N3O3. The summed E-state index contributed by atoms with van der Waals surface area (Å²) < 4.78 is 5.03. The van der Waals surface area contributed by atoms with E-state index in [1.54, 1.807) is 0 Å². The van der Waals surface area contributed by atoms with Crippen LogP contribution in [0.25, 0.3) is 0 Å². The van der Waals surface area contributed by atoms with Crippen LogP contribution in [0.2, 0.25) is 0 Å². The van der Waals surface area contributed by atoms with E-state index in [1.165, 1.54) is 0 Å². The molecule has 0 rings (SSSR count). The molecule has 0 spiro atoms. The number of nitrogens with two attached hydrogens (primary N) is 1. The monoisotopic (exact) mass is 205 g/mol. The first-order chi connectivity index (χ1) is 6.81. The molecule has 0 amide bonds. The average molecular weight is 205 g/mol. The van der Waals surface area contributed by atoms with Gasteiger partial charge in [0.15, 0.2) is 0 Å². The van der Waals surface area contributed by atoms with Crippen molar-refractivity contribution in [1.82, 2.24) is 5.32 Å². The second kappa shape index (κ2) is 10.2. The first kappa shape index (κ1) is 13.2. The molecule has 6 heteroatoms. The fraction of sp³-hybridized carbons (Fsp3) is 0.875. The number of aliphatic hydroxyl groups excluding tert-OH is 1. The number of nitrogens with zero attached hydrogens (tertiary/aromatic N) is 1. The number of nitrogens with one attached hydrogen (secondary N) is 1. The molecule has 0 aliphatic heterocycles. The largest absolute Gasteiger partial charge is 0.409 e. The minimum absolute atomic E-state index is 0.0590. The van der Waals surface area contributed by atoms with Crippen LogP contribution in [-0.4, -0.2) is 49.1 Å². The topological polar surface area (TPSA) is 100 Å². The molecule has 84 valence electrons. The molecule has 0 aliphatic rings. The van der Waals surface area contributed by atoms with E-state index >= 15 is 0 Å². The van der Waals surface area contributed by atoms with E-state index in [1.807, 2.05) is 0 Å². The van der Waals surface area contributed by atoms with Crippen LogP contribution in [0.3, 0.4) is 0 Å². The van der Waals surface area contributed by atoms with E-state index in [-0.39, 0.29) is 12.4 Å². The Bertz CT molecular complexity index is 153. The van der Waals surface area contributed by atoms with E-state index in [4.69, 9.17) is 20.8 Å². The average Bonchev–Trinajstić information content (AvgIpc) is 2.21. The maximum atomic E-state index is 8.40. The zero-order valence-corrected chi connectivity index (χ0v) is 8.28. The highest BCUT2D eigenvalue weighted by Gasteiger charge is 1.93. The van der Waals surface area contributed by atoms with Gasteiger partial charge in [-0.2, -0.15) is 0 Å².